The quantitative estimate of drug-likeness (QED) is 0.763. The van der Waals surface area contributed by atoms with Crippen molar-refractivity contribution in [3.8, 4) is 28.2 Å². The summed E-state index contributed by atoms with van der Waals surface area (Å²) in [6, 6.07) is 15.2. The summed E-state index contributed by atoms with van der Waals surface area (Å²) in [7, 11) is 0. The minimum atomic E-state index is -0.744. The number of carboxylic acid groups (broad SMARTS) is 1. The summed E-state index contributed by atoms with van der Waals surface area (Å²) in [5, 5.41) is 22.6. The molecule has 0 bridgehead atoms. The van der Waals surface area contributed by atoms with Gasteiger partial charge in [-0.1, -0.05) is 53.7 Å². The third-order valence-electron chi connectivity index (χ3n) is 4.63. The van der Waals surface area contributed by atoms with Gasteiger partial charge in [-0.15, -0.1) is 0 Å². The number of hydrogen-bond acceptors (Lipinski definition) is 4. The maximum Gasteiger partial charge on any atom is 0.314 e. The monoisotopic (exact) mass is 321 g/mol. The van der Waals surface area contributed by atoms with Crippen LogP contribution in [-0.2, 0) is 10.2 Å². The lowest BCUT2D eigenvalue weighted by Gasteiger charge is -2.11. The average molecular weight is 321 g/mol. The Morgan fingerprint density at radius 1 is 0.958 bits per heavy atom. The fraction of sp³-hybridized carbons (Fsp3) is 0.158. The van der Waals surface area contributed by atoms with Crippen molar-refractivity contribution in [3.05, 3.63) is 60.3 Å². The van der Waals surface area contributed by atoms with E-state index in [2.05, 4.69) is 5.16 Å². The van der Waals surface area contributed by atoms with Gasteiger partial charge in [0.05, 0.1) is 5.41 Å². The van der Waals surface area contributed by atoms with Crippen molar-refractivity contribution in [1.29, 1.82) is 0 Å². The predicted octanol–water partition coefficient (Wildman–Crippen LogP) is 3.83. The van der Waals surface area contributed by atoms with E-state index in [1.807, 2.05) is 48.5 Å². The van der Waals surface area contributed by atoms with E-state index < -0.39 is 11.4 Å². The molecule has 3 aromatic rings. The van der Waals surface area contributed by atoms with E-state index >= 15 is 0 Å². The molecule has 2 N–H and O–H groups in total. The minimum absolute atomic E-state index is 0.00973. The van der Waals surface area contributed by atoms with Crippen LogP contribution in [-0.4, -0.2) is 21.3 Å². The van der Waals surface area contributed by atoms with E-state index in [4.69, 9.17) is 4.52 Å². The van der Waals surface area contributed by atoms with Gasteiger partial charge in [-0.2, -0.15) is 0 Å². The topological polar surface area (TPSA) is 83.6 Å². The average Bonchev–Trinajstić information content (AvgIpc) is 3.32. The number of aromatic hydroxyl groups is 1. The van der Waals surface area contributed by atoms with Crippen LogP contribution in [0.5, 0.6) is 5.75 Å². The highest BCUT2D eigenvalue weighted by Gasteiger charge is 2.51. The summed E-state index contributed by atoms with van der Waals surface area (Å²) in [5.41, 5.74) is 2.94. The molecule has 120 valence electrons. The Bertz CT molecular complexity index is 890. The first-order valence-corrected chi connectivity index (χ1v) is 7.68. The van der Waals surface area contributed by atoms with Crippen LogP contribution in [0.15, 0.2) is 59.3 Å². The first-order valence-electron chi connectivity index (χ1n) is 7.68. The summed E-state index contributed by atoms with van der Waals surface area (Å²) in [6.07, 6.45) is 2.67. The smallest absolute Gasteiger partial charge is 0.314 e. The predicted molar refractivity (Wildman–Crippen MR) is 87.6 cm³/mol. The summed E-state index contributed by atoms with van der Waals surface area (Å²) in [4.78, 5) is 11.4. The van der Waals surface area contributed by atoms with Crippen molar-refractivity contribution in [1.82, 2.24) is 5.16 Å². The highest BCUT2D eigenvalue weighted by atomic mass is 16.5. The first-order chi connectivity index (χ1) is 11.6. The SMILES string of the molecule is O=C(O)C1(c2ccc(-c3ccc(-c4oncc4O)cc3)cc2)CC1. The zero-order valence-electron chi connectivity index (χ0n) is 12.8. The summed E-state index contributed by atoms with van der Waals surface area (Å²) in [6.45, 7) is 0. The number of aromatic nitrogens is 1. The molecule has 1 aliphatic rings. The molecule has 0 saturated heterocycles. The lowest BCUT2D eigenvalue weighted by atomic mass is 9.93. The molecule has 1 heterocycles. The van der Waals surface area contributed by atoms with E-state index in [1.165, 1.54) is 6.20 Å². The lowest BCUT2D eigenvalue weighted by Crippen LogP contribution is -2.19. The second-order valence-corrected chi connectivity index (χ2v) is 6.08. The maximum absolute atomic E-state index is 11.4. The molecule has 0 aliphatic heterocycles. The van der Waals surface area contributed by atoms with Crippen molar-refractivity contribution in [2.24, 2.45) is 0 Å². The zero-order valence-corrected chi connectivity index (χ0v) is 12.8. The van der Waals surface area contributed by atoms with E-state index in [1.54, 1.807) is 0 Å². The van der Waals surface area contributed by atoms with Gasteiger partial charge in [-0.3, -0.25) is 4.79 Å². The van der Waals surface area contributed by atoms with Crippen LogP contribution in [0.25, 0.3) is 22.5 Å². The first kappa shape index (κ1) is 14.5. The van der Waals surface area contributed by atoms with Crippen molar-refractivity contribution < 1.29 is 19.5 Å². The third kappa shape index (κ3) is 2.25. The molecule has 0 spiro atoms. The molecule has 5 heteroatoms. The molecule has 24 heavy (non-hydrogen) atoms. The van der Waals surface area contributed by atoms with Crippen molar-refractivity contribution in [3.63, 3.8) is 0 Å². The van der Waals surface area contributed by atoms with Gasteiger partial charge in [-0.05, 0) is 29.5 Å². The Kier molecular flexibility index (Phi) is 3.16. The Labute approximate surface area is 138 Å². The number of nitrogens with zero attached hydrogens (tertiary/aromatic N) is 1. The maximum atomic E-state index is 11.4. The van der Waals surface area contributed by atoms with Gasteiger partial charge in [0.25, 0.3) is 0 Å². The Morgan fingerprint density at radius 2 is 1.50 bits per heavy atom. The number of benzene rings is 2. The van der Waals surface area contributed by atoms with Crippen LogP contribution in [0.2, 0.25) is 0 Å². The van der Waals surface area contributed by atoms with Crippen molar-refractivity contribution in [2.75, 3.05) is 0 Å². The summed E-state index contributed by atoms with van der Waals surface area (Å²) < 4.78 is 5.02. The largest absolute Gasteiger partial charge is 0.503 e. The van der Waals surface area contributed by atoms with Crippen molar-refractivity contribution >= 4 is 5.97 Å². The molecule has 1 fully saturated rings. The van der Waals surface area contributed by atoms with E-state index in [0.717, 1.165) is 22.3 Å². The van der Waals surface area contributed by atoms with Gasteiger partial charge in [0.1, 0.15) is 6.20 Å². The Morgan fingerprint density at radius 3 is 1.96 bits per heavy atom. The number of aliphatic carboxylic acids is 1. The summed E-state index contributed by atoms with van der Waals surface area (Å²) >= 11 is 0. The number of carbonyl (C=O) groups is 1. The molecule has 5 nitrogen and oxygen atoms in total. The Hall–Kier alpha value is -3.08. The lowest BCUT2D eigenvalue weighted by molar-refractivity contribution is -0.140. The third-order valence-corrected chi connectivity index (χ3v) is 4.63. The van der Waals surface area contributed by atoms with Crippen LogP contribution in [0.1, 0.15) is 18.4 Å². The van der Waals surface area contributed by atoms with Gasteiger partial charge >= 0.3 is 5.97 Å². The van der Waals surface area contributed by atoms with Crippen LogP contribution in [0.4, 0.5) is 0 Å². The molecule has 0 atom stereocenters. The van der Waals surface area contributed by atoms with Gasteiger partial charge in [0.15, 0.2) is 5.75 Å². The normalized spacial score (nSPS) is 15.2. The number of hydrogen-bond donors (Lipinski definition) is 2. The van der Waals surface area contributed by atoms with Crippen molar-refractivity contribution in [2.45, 2.75) is 18.3 Å². The Balaban J connectivity index is 1.60. The van der Waals surface area contributed by atoms with E-state index in [0.29, 0.717) is 18.6 Å². The molecular weight excluding hydrogens is 306 g/mol. The van der Waals surface area contributed by atoms with Gasteiger partial charge in [0.2, 0.25) is 5.76 Å². The highest BCUT2D eigenvalue weighted by Crippen LogP contribution is 2.48. The highest BCUT2D eigenvalue weighted by molar-refractivity contribution is 5.85. The second kappa shape index (κ2) is 5.23. The molecular formula is C19H15NO4. The number of rotatable bonds is 4. The van der Waals surface area contributed by atoms with Crippen LogP contribution >= 0.6 is 0 Å². The molecule has 1 aromatic heterocycles. The van der Waals surface area contributed by atoms with Crippen LogP contribution in [0, 0.1) is 0 Å². The van der Waals surface area contributed by atoms with Gasteiger partial charge in [0, 0.05) is 5.56 Å². The fourth-order valence-corrected chi connectivity index (χ4v) is 2.98. The van der Waals surface area contributed by atoms with Gasteiger partial charge in [-0.25, -0.2) is 0 Å². The molecule has 2 aromatic carbocycles. The van der Waals surface area contributed by atoms with Crippen LogP contribution < -0.4 is 0 Å². The van der Waals surface area contributed by atoms with E-state index in [-0.39, 0.29) is 5.75 Å². The molecule has 0 radical (unpaired) electrons. The molecule has 1 saturated carbocycles. The molecule has 1 aliphatic carbocycles. The van der Waals surface area contributed by atoms with Crippen LogP contribution in [0.3, 0.4) is 0 Å². The molecule has 4 rings (SSSR count). The van der Waals surface area contributed by atoms with E-state index in [9.17, 15) is 15.0 Å². The van der Waals surface area contributed by atoms with Gasteiger partial charge < -0.3 is 14.7 Å². The summed E-state index contributed by atoms with van der Waals surface area (Å²) in [5.74, 6) is -0.393. The number of carboxylic acids is 1. The standard InChI is InChI=1S/C19H15NO4/c21-16-11-20-24-17(16)14-3-1-12(2-4-14)13-5-7-15(8-6-13)19(9-10-19)18(22)23/h1-8,11,21H,9-10H2,(H,22,23). The molecule has 0 unspecified atom stereocenters. The molecule has 0 amide bonds. The zero-order chi connectivity index (χ0) is 16.7. The fourth-order valence-electron chi connectivity index (χ4n) is 2.98. The minimum Gasteiger partial charge on any atom is -0.503 e. The second-order valence-electron chi connectivity index (χ2n) is 6.08.